The summed E-state index contributed by atoms with van der Waals surface area (Å²) in [5.74, 6) is -1.05. The van der Waals surface area contributed by atoms with E-state index in [0.29, 0.717) is 19.5 Å². The number of fused-ring (bicyclic) bond motifs is 1. The molecule has 21 heavy (non-hydrogen) atoms. The lowest BCUT2D eigenvalue weighted by Gasteiger charge is -2.25. The Kier molecular flexibility index (Phi) is 3.68. The van der Waals surface area contributed by atoms with Crippen LogP contribution in [-0.4, -0.2) is 47.6 Å². The van der Waals surface area contributed by atoms with Crippen LogP contribution in [0.25, 0.3) is 0 Å². The first kappa shape index (κ1) is 14.1. The molecule has 1 amide bonds. The SMILES string of the molecule is CC1C(C(=O)O)CCN1CC(=O)N1CCc2ccccc21. The van der Waals surface area contributed by atoms with Gasteiger partial charge in [0.1, 0.15) is 0 Å². The summed E-state index contributed by atoms with van der Waals surface area (Å²) in [5, 5.41) is 9.16. The molecule has 0 bridgehead atoms. The van der Waals surface area contributed by atoms with Crippen molar-refractivity contribution in [3.8, 4) is 0 Å². The molecule has 3 rings (SSSR count). The first-order valence-corrected chi connectivity index (χ1v) is 7.43. The number of hydrogen-bond acceptors (Lipinski definition) is 3. The molecular formula is C16H20N2O3. The van der Waals surface area contributed by atoms with Crippen LogP contribution in [-0.2, 0) is 16.0 Å². The molecule has 1 aromatic rings. The van der Waals surface area contributed by atoms with Gasteiger partial charge in [0.15, 0.2) is 0 Å². The Morgan fingerprint density at radius 1 is 1.29 bits per heavy atom. The minimum absolute atomic E-state index is 0.0674. The van der Waals surface area contributed by atoms with E-state index < -0.39 is 5.97 Å². The van der Waals surface area contributed by atoms with Crippen molar-refractivity contribution in [3.05, 3.63) is 29.8 Å². The number of para-hydroxylation sites is 1. The highest BCUT2D eigenvalue weighted by atomic mass is 16.4. The van der Waals surface area contributed by atoms with Crippen molar-refractivity contribution in [3.63, 3.8) is 0 Å². The van der Waals surface area contributed by atoms with E-state index in [4.69, 9.17) is 5.11 Å². The second kappa shape index (κ2) is 5.48. The molecule has 5 heteroatoms. The maximum atomic E-state index is 12.5. The van der Waals surface area contributed by atoms with Crippen LogP contribution in [0.5, 0.6) is 0 Å². The normalized spacial score (nSPS) is 25.1. The number of carboxylic acid groups (broad SMARTS) is 1. The number of likely N-dealkylation sites (tertiary alicyclic amines) is 1. The summed E-state index contributed by atoms with van der Waals surface area (Å²) in [4.78, 5) is 27.5. The van der Waals surface area contributed by atoms with E-state index in [-0.39, 0.29) is 17.9 Å². The largest absolute Gasteiger partial charge is 0.481 e. The number of amides is 1. The highest BCUT2D eigenvalue weighted by molar-refractivity contribution is 5.96. The molecule has 0 aliphatic carbocycles. The van der Waals surface area contributed by atoms with Crippen LogP contribution in [0.3, 0.4) is 0 Å². The Bertz CT molecular complexity index is 572. The Hall–Kier alpha value is -1.88. The molecule has 1 fully saturated rings. The third-order valence-electron chi connectivity index (χ3n) is 4.73. The number of benzene rings is 1. The highest BCUT2D eigenvalue weighted by Crippen LogP contribution is 2.29. The van der Waals surface area contributed by atoms with Crippen LogP contribution in [0.1, 0.15) is 18.9 Å². The predicted octanol–water partition coefficient (Wildman–Crippen LogP) is 1.37. The molecule has 1 aromatic carbocycles. The fourth-order valence-electron chi connectivity index (χ4n) is 3.41. The lowest BCUT2D eigenvalue weighted by atomic mass is 10.0. The Morgan fingerprint density at radius 2 is 2.05 bits per heavy atom. The second-order valence-electron chi connectivity index (χ2n) is 5.87. The number of nitrogens with zero attached hydrogens (tertiary/aromatic N) is 2. The summed E-state index contributed by atoms with van der Waals surface area (Å²) in [6.45, 7) is 3.61. The third-order valence-corrected chi connectivity index (χ3v) is 4.73. The Labute approximate surface area is 124 Å². The number of aliphatic carboxylic acids is 1. The van der Waals surface area contributed by atoms with E-state index in [1.165, 1.54) is 5.56 Å². The Balaban J connectivity index is 1.67. The third kappa shape index (κ3) is 2.53. The zero-order valence-corrected chi connectivity index (χ0v) is 12.2. The van der Waals surface area contributed by atoms with Gasteiger partial charge in [-0.05, 0) is 37.9 Å². The molecule has 5 nitrogen and oxygen atoms in total. The lowest BCUT2D eigenvalue weighted by Crippen LogP contribution is -2.42. The van der Waals surface area contributed by atoms with Gasteiger partial charge in [-0.25, -0.2) is 0 Å². The molecular weight excluding hydrogens is 268 g/mol. The molecule has 0 radical (unpaired) electrons. The summed E-state index contributed by atoms with van der Waals surface area (Å²) < 4.78 is 0. The molecule has 1 N–H and O–H groups in total. The first-order chi connectivity index (χ1) is 10.1. The van der Waals surface area contributed by atoms with Crippen molar-refractivity contribution < 1.29 is 14.7 Å². The molecule has 2 atom stereocenters. The molecule has 112 valence electrons. The van der Waals surface area contributed by atoms with E-state index >= 15 is 0 Å². The van der Waals surface area contributed by atoms with Crippen LogP contribution in [0.2, 0.25) is 0 Å². The smallest absolute Gasteiger partial charge is 0.308 e. The van der Waals surface area contributed by atoms with Gasteiger partial charge in [0, 0.05) is 18.3 Å². The van der Waals surface area contributed by atoms with Crippen LogP contribution >= 0.6 is 0 Å². The Morgan fingerprint density at radius 3 is 2.76 bits per heavy atom. The number of hydrogen-bond donors (Lipinski definition) is 1. The molecule has 2 heterocycles. The first-order valence-electron chi connectivity index (χ1n) is 7.43. The van der Waals surface area contributed by atoms with Gasteiger partial charge < -0.3 is 10.0 Å². The number of anilines is 1. The number of carbonyl (C=O) groups excluding carboxylic acids is 1. The van der Waals surface area contributed by atoms with Gasteiger partial charge in [0.05, 0.1) is 12.5 Å². The van der Waals surface area contributed by atoms with E-state index in [2.05, 4.69) is 6.07 Å². The topological polar surface area (TPSA) is 60.9 Å². The average molecular weight is 288 g/mol. The van der Waals surface area contributed by atoms with Gasteiger partial charge in [-0.1, -0.05) is 18.2 Å². The maximum absolute atomic E-state index is 12.5. The molecule has 0 aromatic heterocycles. The monoisotopic (exact) mass is 288 g/mol. The van der Waals surface area contributed by atoms with Gasteiger partial charge in [-0.3, -0.25) is 14.5 Å². The fourth-order valence-corrected chi connectivity index (χ4v) is 3.41. The standard InChI is InChI=1S/C16H20N2O3/c1-11-13(16(20)21)7-8-17(11)10-15(19)18-9-6-12-4-2-3-5-14(12)18/h2-5,11,13H,6-10H2,1H3,(H,20,21). The van der Waals surface area contributed by atoms with Crippen molar-refractivity contribution in [2.24, 2.45) is 5.92 Å². The summed E-state index contributed by atoms with van der Waals surface area (Å²) >= 11 is 0. The van der Waals surface area contributed by atoms with Crippen molar-refractivity contribution in [1.29, 1.82) is 0 Å². The number of carboxylic acids is 1. The molecule has 0 spiro atoms. The summed E-state index contributed by atoms with van der Waals surface area (Å²) in [6.07, 6.45) is 1.52. The van der Waals surface area contributed by atoms with Crippen molar-refractivity contribution in [2.45, 2.75) is 25.8 Å². The lowest BCUT2D eigenvalue weighted by molar-refractivity contribution is -0.142. The van der Waals surface area contributed by atoms with Crippen molar-refractivity contribution in [1.82, 2.24) is 4.90 Å². The van der Waals surface area contributed by atoms with Gasteiger partial charge in [0.25, 0.3) is 0 Å². The van der Waals surface area contributed by atoms with Gasteiger partial charge in [0.2, 0.25) is 5.91 Å². The summed E-state index contributed by atoms with van der Waals surface area (Å²) in [7, 11) is 0. The minimum atomic E-state index is -0.760. The zero-order chi connectivity index (χ0) is 15.0. The van der Waals surface area contributed by atoms with E-state index in [0.717, 1.165) is 18.7 Å². The number of rotatable bonds is 3. The maximum Gasteiger partial charge on any atom is 0.308 e. The summed E-state index contributed by atoms with van der Waals surface area (Å²) in [5.41, 5.74) is 2.22. The van der Waals surface area contributed by atoms with Gasteiger partial charge >= 0.3 is 5.97 Å². The quantitative estimate of drug-likeness (QED) is 0.912. The van der Waals surface area contributed by atoms with Crippen LogP contribution < -0.4 is 4.90 Å². The van der Waals surface area contributed by atoms with E-state index in [1.807, 2.05) is 34.9 Å². The van der Waals surface area contributed by atoms with Crippen molar-refractivity contribution >= 4 is 17.6 Å². The van der Waals surface area contributed by atoms with Crippen molar-refractivity contribution in [2.75, 3.05) is 24.5 Å². The van der Waals surface area contributed by atoms with Gasteiger partial charge in [-0.2, -0.15) is 0 Å². The van der Waals surface area contributed by atoms with E-state index in [9.17, 15) is 9.59 Å². The molecule has 2 aliphatic heterocycles. The van der Waals surface area contributed by atoms with Crippen LogP contribution in [0, 0.1) is 5.92 Å². The second-order valence-corrected chi connectivity index (χ2v) is 5.87. The zero-order valence-electron chi connectivity index (χ0n) is 12.2. The van der Waals surface area contributed by atoms with Crippen LogP contribution in [0.15, 0.2) is 24.3 Å². The molecule has 1 saturated heterocycles. The summed E-state index contributed by atoms with van der Waals surface area (Å²) in [6, 6.07) is 7.90. The average Bonchev–Trinajstić information content (AvgIpc) is 3.03. The fraction of sp³-hybridized carbons (Fsp3) is 0.500. The molecule has 0 saturated carbocycles. The predicted molar refractivity (Wildman–Crippen MR) is 79.3 cm³/mol. The molecule has 2 aliphatic rings. The highest BCUT2D eigenvalue weighted by Gasteiger charge is 2.37. The van der Waals surface area contributed by atoms with Crippen LogP contribution in [0.4, 0.5) is 5.69 Å². The number of carbonyl (C=O) groups is 2. The minimum Gasteiger partial charge on any atom is -0.481 e. The van der Waals surface area contributed by atoms with Gasteiger partial charge in [-0.15, -0.1) is 0 Å². The van der Waals surface area contributed by atoms with E-state index in [1.54, 1.807) is 0 Å². The molecule has 2 unspecified atom stereocenters.